The van der Waals surface area contributed by atoms with Gasteiger partial charge in [0.05, 0.1) is 23.1 Å². The van der Waals surface area contributed by atoms with Gasteiger partial charge in [0, 0.05) is 24.7 Å². The first kappa shape index (κ1) is 16.0. The summed E-state index contributed by atoms with van der Waals surface area (Å²) in [6, 6.07) is 7.52. The molecule has 1 aliphatic rings. The van der Waals surface area contributed by atoms with Crippen LogP contribution >= 0.6 is 11.6 Å². The normalized spacial score (nSPS) is 15.5. The van der Waals surface area contributed by atoms with Gasteiger partial charge in [-0.05, 0) is 37.6 Å². The number of hydrogen-bond acceptors (Lipinski definition) is 3. The Bertz CT molecular complexity index is 690. The van der Waals surface area contributed by atoms with Gasteiger partial charge in [0.15, 0.2) is 0 Å². The number of halogens is 1. The maximum atomic E-state index is 12.9. The number of carbonyl (C=O) groups excluding carboxylic acids is 1. The van der Waals surface area contributed by atoms with Crippen LogP contribution in [0, 0.1) is 0 Å². The van der Waals surface area contributed by atoms with Crippen LogP contribution in [0.25, 0.3) is 5.69 Å². The highest BCUT2D eigenvalue weighted by Gasteiger charge is 2.23. The highest BCUT2D eigenvalue weighted by molar-refractivity contribution is 6.30. The van der Waals surface area contributed by atoms with Crippen LogP contribution < -0.4 is 5.32 Å². The van der Waals surface area contributed by atoms with E-state index in [0.717, 1.165) is 50.4 Å². The van der Waals surface area contributed by atoms with Gasteiger partial charge < -0.3 is 10.2 Å². The van der Waals surface area contributed by atoms with E-state index < -0.39 is 0 Å². The third-order valence-corrected chi connectivity index (χ3v) is 4.35. The number of nitrogens with one attached hydrogen (secondary N) is 1. The van der Waals surface area contributed by atoms with Gasteiger partial charge in [-0.2, -0.15) is 5.10 Å². The molecular formula is C17H21ClN4O. The number of rotatable bonds is 3. The Morgan fingerprint density at radius 2 is 2.22 bits per heavy atom. The van der Waals surface area contributed by atoms with Crippen LogP contribution in [0.4, 0.5) is 0 Å². The summed E-state index contributed by atoms with van der Waals surface area (Å²) in [7, 11) is 0. The Morgan fingerprint density at radius 3 is 3.00 bits per heavy atom. The number of benzene rings is 1. The van der Waals surface area contributed by atoms with E-state index in [1.54, 1.807) is 6.20 Å². The van der Waals surface area contributed by atoms with Crippen molar-refractivity contribution in [2.24, 2.45) is 0 Å². The van der Waals surface area contributed by atoms with Gasteiger partial charge >= 0.3 is 0 Å². The van der Waals surface area contributed by atoms with E-state index in [1.807, 2.05) is 40.8 Å². The molecule has 1 aliphatic heterocycles. The van der Waals surface area contributed by atoms with Gasteiger partial charge in [-0.15, -0.1) is 0 Å². The average molecular weight is 333 g/mol. The minimum Gasteiger partial charge on any atom is -0.337 e. The second-order valence-corrected chi connectivity index (χ2v) is 6.08. The van der Waals surface area contributed by atoms with E-state index >= 15 is 0 Å². The third-order valence-electron chi connectivity index (χ3n) is 4.11. The van der Waals surface area contributed by atoms with E-state index in [2.05, 4.69) is 10.4 Å². The van der Waals surface area contributed by atoms with Crippen molar-refractivity contribution >= 4 is 17.5 Å². The van der Waals surface area contributed by atoms with Gasteiger partial charge in [0.25, 0.3) is 5.91 Å². The standard InChI is InChI=1S/C17H21ClN4O/c1-2-16-15(17(23)21-9-4-7-19-8-10-21)12-20-22(16)14-6-3-5-13(18)11-14/h3,5-6,11-12,19H,2,4,7-10H2,1H3. The lowest BCUT2D eigenvalue weighted by molar-refractivity contribution is 0.0765. The topological polar surface area (TPSA) is 50.2 Å². The molecule has 2 heterocycles. The summed E-state index contributed by atoms with van der Waals surface area (Å²) >= 11 is 6.08. The molecule has 23 heavy (non-hydrogen) atoms. The highest BCUT2D eigenvalue weighted by atomic mass is 35.5. The molecule has 1 fully saturated rings. The number of hydrogen-bond donors (Lipinski definition) is 1. The van der Waals surface area contributed by atoms with E-state index in [0.29, 0.717) is 10.6 Å². The second-order valence-electron chi connectivity index (χ2n) is 5.65. The molecule has 1 saturated heterocycles. The molecule has 3 rings (SSSR count). The van der Waals surface area contributed by atoms with Crippen molar-refractivity contribution in [3.63, 3.8) is 0 Å². The number of nitrogens with zero attached hydrogens (tertiary/aromatic N) is 3. The second kappa shape index (κ2) is 7.15. The van der Waals surface area contributed by atoms with E-state index in [4.69, 9.17) is 11.6 Å². The maximum absolute atomic E-state index is 12.9. The van der Waals surface area contributed by atoms with Crippen molar-refractivity contribution in [3.8, 4) is 5.69 Å². The monoisotopic (exact) mass is 332 g/mol. The van der Waals surface area contributed by atoms with Gasteiger partial charge in [-0.3, -0.25) is 4.79 Å². The molecule has 5 nitrogen and oxygen atoms in total. The first-order chi connectivity index (χ1) is 11.2. The zero-order chi connectivity index (χ0) is 16.2. The smallest absolute Gasteiger partial charge is 0.257 e. The van der Waals surface area contributed by atoms with Crippen LogP contribution in [0.3, 0.4) is 0 Å². The minimum absolute atomic E-state index is 0.0684. The lowest BCUT2D eigenvalue weighted by Crippen LogP contribution is -2.34. The first-order valence-corrected chi connectivity index (χ1v) is 8.41. The maximum Gasteiger partial charge on any atom is 0.257 e. The van der Waals surface area contributed by atoms with Gasteiger partial charge in [-0.25, -0.2) is 4.68 Å². The predicted octanol–water partition coefficient (Wildman–Crippen LogP) is 2.52. The van der Waals surface area contributed by atoms with E-state index in [-0.39, 0.29) is 5.91 Å². The number of aromatic nitrogens is 2. The molecule has 6 heteroatoms. The molecule has 2 aromatic rings. The fraction of sp³-hybridized carbons (Fsp3) is 0.412. The molecular weight excluding hydrogens is 312 g/mol. The van der Waals surface area contributed by atoms with Crippen molar-refractivity contribution in [3.05, 3.63) is 46.7 Å². The number of amides is 1. The fourth-order valence-corrected chi connectivity index (χ4v) is 3.13. The minimum atomic E-state index is 0.0684. The lowest BCUT2D eigenvalue weighted by atomic mass is 10.1. The Balaban J connectivity index is 1.93. The largest absolute Gasteiger partial charge is 0.337 e. The zero-order valence-corrected chi connectivity index (χ0v) is 14.0. The highest BCUT2D eigenvalue weighted by Crippen LogP contribution is 2.20. The Kier molecular flexibility index (Phi) is 4.98. The molecule has 1 aromatic heterocycles. The molecule has 0 bridgehead atoms. The summed E-state index contributed by atoms with van der Waals surface area (Å²) in [5.41, 5.74) is 2.50. The summed E-state index contributed by atoms with van der Waals surface area (Å²) in [6.07, 6.45) is 3.40. The quantitative estimate of drug-likeness (QED) is 0.939. The average Bonchev–Trinajstić information content (AvgIpc) is 2.80. The van der Waals surface area contributed by atoms with Crippen LogP contribution in [0.2, 0.25) is 5.02 Å². The number of carbonyl (C=O) groups is 1. The van der Waals surface area contributed by atoms with Crippen molar-refractivity contribution in [1.82, 2.24) is 20.0 Å². The Hall–Kier alpha value is -1.85. The van der Waals surface area contributed by atoms with Crippen molar-refractivity contribution in [1.29, 1.82) is 0 Å². The fourth-order valence-electron chi connectivity index (χ4n) is 2.94. The summed E-state index contributed by atoms with van der Waals surface area (Å²) in [6.45, 7) is 5.38. The van der Waals surface area contributed by atoms with Crippen LogP contribution in [0.5, 0.6) is 0 Å². The van der Waals surface area contributed by atoms with Gasteiger partial charge in [-0.1, -0.05) is 24.6 Å². The molecule has 0 aliphatic carbocycles. The molecule has 1 aromatic carbocycles. The summed E-state index contributed by atoms with van der Waals surface area (Å²) in [4.78, 5) is 14.8. The van der Waals surface area contributed by atoms with Crippen molar-refractivity contribution in [2.45, 2.75) is 19.8 Å². The van der Waals surface area contributed by atoms with Crippen LogP contribution in [0.1, 0.15) is 29.4 Å². The van der Waals surface area contributed by atoms with Gasteiger partial charge in [0.2, 0.25) is 0 Å². The van der Waals surface area contributed by atoms with Crippen LogP contribution in [-0.4, -0.2) is 46.8 Å². The molecule has 0 atom stereocenters. The summed E-state index contributed by atoms with van der Waals surface area (Å²) < 4.78 is 1.81. The predicted molar refractivity (Wildman–Crippen MR) is 91.3 cm³/mol. The van der Waals surface area contributed by atoms with Crippen LogP contribution in [0.15, 0.2) is 30.5 Å². The molecule has 1 amide bonds. The molecule has 0 saturated carbocycles. The van der Waals surface area contributed by atoms with E-state index in [1.165, 1.54) is 0 Å². The molecule has 0 radical (unpaired) electrons. The molecule has 1 N–H and O–H groups in total. The zero-order valence-electron chi connectivity index (χ0n) is 13.3. The molecule has 0 unspecified atom stereocenters. The van der Waals surface area contributed by atoms with E-state index in [9.17, 15) is 4.79 Å². The third kappa shape index (κ3) is 3.41. The van der Waals surface area contributed by atoms with Crippen molar-refractivity contribution < 1.29 is 4.79 Å². The SMILES string of the molecule is CCc1c(C(=O)N2CCCNCC2)cnn1-c1cccc(Cl)c1. The summed E-state index contributed by atoms with van der Waals surface area (Å²) in [5, 5.41) is 8.41. The van der Waals surface area contributed by atoms with Crippen molar-refractivity contribution in [2.75, 3.05) is 26.2 Å². The Morgan fingerprint density at radius 1 is 1.35 bits per heavy atom. The molecule has 0 spiro atoms. The first-order valence-electron chi connectivity index (χ1n) is 8.03. The Labute approximate surface area is 141 Å². The lowest BCUT2D eigenvalue weighted by Gasteiger charge is -2.20. The van der Waals surface area contributed by atoms with Gasteiger partial charge in [0.1, 0.15) is 0 Å². The summed E-state index contributed by atoms with van der Waals surface area (Å²) in [5.74, 6) is 0.0684. The van der Waals surface area contributed by atoms with Crippen LogP contribution in [-0.2, 0) is 6.42 Å². The molecule has 122 valence electrons.